The summed E-state index contributed by atoms with van der Waals surface area (Å²) in [6.07, 6.45) is 1.28. The highest BCUT2D eigenvalue weighted by molar-refractivity contribution is 6.12. The zero-order chi connectivity index (χ0) is 23.2. The minimum Gasteiger partial charge on any atom is -0.319 e. The molecular weight excluding hydrogens is 418 g/mol. The summed E-state index contributed by atoms with van der Waals surface area (Å²) >= 11 is 0. The van der Waals surface area contributed by atoms with Crippen LogP contribution in [0.5, 0.6) is 0 Å². The van der Waals surface area contributed by atoms with Gasteiger partial charge in [0.1, 0.15) is 5.54 Å². The van der Waals surface area contributed by atoms with Gasteiger partial charge in [-0.05, 0) is 41.8 Å². The maximum absolute atomic E-state index is 13.4. The lowest BCUT2D eigenvalue weighted by Gasteiger charge is -2.24. The Kier molecular flexibility index (Phi) is 4.96. The SMILES string of the molecule is C[C@]1(c2cccc3ccccc23)NC(=O)N(CC(=O)c2cccc(N3CCCC3=O)c2)C1=O. The van der Waals surface area contributed by atoms with E-state index >= 15 is 0 Å². The molecule has 2 fully saturated rings. The van der Waals surface area contributed by atoms with Gasteiger partial charge in [-0.3, -0.25) is 19.3 Å². The molecular formula is C26H23N3O4. The summed E-state index contributed by atoms with van der Waals surface area (Å²) in [4.78, 5) is 53.9. The third kappa shape index (κ3) is 3.46. The predicted octanol–water partition coefficient (Wildman–Crippen LogP) is 3.62. The van der Waals surface area contributed by atoms with E-state index in [0.717, 1.165) is 22.1 Å². The number of ketones is 1. The number of nitrogens with one attached hydrogen (secondary N) is 1. The monoisotopic (exact) mass is 441 g/mol. The molecule has 2 aliphatic rings. The van der Waals surface area contributed by atoms with E-state index in [4.69, 9.17) is 0 Å². The Morgan fingerprint density at radius 3 is 2.55 bits per heavy atom. The first-order valence-corrected chi connectivity index (χ1v) is 10.9. The highest BCUT2D eigenvalue weighted by atomic mass is 16.2. The summed E-state index contributed by atoms with van der Waals surface area (Å²) in [5.41, 5.74) is 0.415. The normalized spacial score (nSPS) is 20.6. The van der Waals surface area contributed by atoms with Gasteiger partial charge in [-0.15, -0.1) is 0 Å². The summed E-state index contributed by atoms with van der Waals surface area (Å²) < 4.78 is 0. The van der Waals surface area contributed by atoms with Crippen LogP contribution in [0.2, 0.25) is 0 Å². The summed E-state index contributed by atoms with van der Waals surface area (Å²) in [7, 11) is 0. The van der Waals surface area contributed by atoms with E-state index in [1.54, 1.807) is 36.1 Å². The Morgan fingerprint density at radius 1 is 1.00 bits per heavy atom. The highest BCUT2D eigenvalue weighted by Crippen LogP contribution is 2.34. The van der Waals surface area contributed by atoms with Crippen molar-refractivity contribution in [3.05, 3.63) is 77.9 Å². The van der Waals surface area contributed by atoms with Crippen molar-refractivity contribution in [2.24, 2.45) is 0 Å². The van der Waals surface area contributed by atoms with Crippen LogP contribution < -0.4 is 10.2 Å². The molecule has 0 bridgehead atoms. The number of nitrogens with zero attached hydrogens (tertiary/aromatic N) is 2. The van der Waals surface area contributed by atoms with Crippen LogP contribution >= 0.6 is 0 Å². The van der Waals surface area contributed by atoms with E-state index in [1.165, 1.54) is 0 Å². The van der Waals surface area contributed by atoms with Gasteiger partial charge in [0.2, 0.25) is 5.91 Å². The van der Waals surface area contributed by atoms with Crippen LogP contribution in [0.3, 0.4) is 0 Å². The van der Waals surface area contributed by atoms with Crippen molar-refractivity contribution in [3.8, 4) is 0 Å². The molecule has 2 saturated heterocycles. The van der Waals surface area contributed by atoms with E-state index in [0.29, 0.717) is 29.8 Å². The van der Waals surface area contributed by atoms with Gasteiger partial charge in [0.25, 0.3) is 5.91 Å². The van der Waals surface area contributed by atoms with Crippen LogP contribution in [0.25, 0.3) is 10.8 Å². The number of urea groups is 1. The number of amides is 4. The average Bonchev–Trinajstić information content (AvgIpc) is 3.35. The number of benzene rings is 3. The molecule has 5 rings (SSSR count). The maximum atomic E-state index is 13.4. The van der Waals surface area contributed by atoms with Gasteiger partial charge >= 0.3 is 6.03 Å². The van der Waals surface area contributed by atoms with Crippen molar-refractivity contribution < 1.29 is 19.2 Å². The lowest BCUT2D eigenvalue weighted by Crippen LogP contribution is -2.41. The quantitative estimate of drug-likeness (QED) is 0.484. The fourth-order valence-corrected chi connectivity index (χ4v) is 4.69. The Hall–Kier alpha value is -4.00. The van der Waals surface area contributed by atoms with E-state index in [9.17, 15) is 19.2 Å². The molecule has 3 aromatic carbocycles. The van der Waals surface area contributed by atoms with Crippen LogP contribution in [-0.2, 0) is 15.1 Å². The Labute approximate surface area is 191 Å². The fourth-order valence-electron chi connectivity index (χ4n) is 4.69. The first kappa shape index (κ1) is 20.9. The summed E-state index contributed by atoms with van der Waals surface area (Å²) in [5, 5.41) is 4.62. The van der Waals surface area contributed by atoms with E-state index in [1.807, 2.05) is 42.5 Å². The summed E-state index contributed by atoms with van der Waals surface area (Å²) in [6.45, 7) is 1.91. The van der Waals surface area contributed by atoms with E-state index in [-0.39, 0.29) is 18.2 Å². The number of anilines is 1. The van der Waals surface area contributed by atoms with Crippen molar-refractivity contribution in [2.45, 2.75) is 25.3 Å². The van der Waals surface area contributed by atoms with Gasteiger partial charge in [0, 0.05) is 24.2 Å². The third-order valence-corrected chi connectivity index (χ3v) is 6.46. The molecule has 4 amide bonds. The Bertz CT molecular complexity index is 1310. The Morgan fingerprint density at radius 2 is 1.76 bits per heavy atom. The van der Waals surface area contributed by atoms with Crippen LogP contribution in [0.4, 0.5) is 10.5 Å². The number of hydrogen-bond acceptors (Lipinski definition) is 4. The van der Waals surface area contributed by atoms with Gasteiger partial charge in [0.15, 0.2) is 5.78 Å². The van der Waals surface area contributed by atoms with Crippen molar-refractivity contribution in [1.82, 2.24) is 10.2 Å². The van der Waals surface area contributed by atoms with Gasteiger partial charge in [0.05, 0.1) is 6.54 Å². The molecule has 0 aliphatic carbocycles. The van der Waals surface area contributed by atoms with Crippen LogP contribution in [0.1, 0.15) is 35.7 Å². The predicted molar refractivity (Wildman–Crippen MR) is 124 cm³/mol. The topological polar surface area (TPSA) is 86.8 Å². The molecule has 0 aromatic heterocycles. The average molecular weight is 441 g/mol. The number of Topliss-reactive ketones (excluding diaryl/α,β-unsaturated/α-hetero) is 1. The van der Waals surface area contributed by atoms with Gasteiger partial charge in [-0.2, -0.15) is 0 Å². The van der Waals surface area contributed by atoms with Crippen LogP contribution in [-0.4, -0.2) is 41.6 Å². The zero-order valence-electron chi connectivity index (χ0n) is 18.2. The number of rotatable bonds is 5. The van der Waals surface area contributed by atoms with Gasteiger partial charge in [-0.25, -0.2) is 4.79 Å². The smallest absolute Gasteiger partial charge is 0.319 e. The van der Waals surface area contributed by atoms with Crippen LogP contribution in [0.15, 0.2) is 66.7 Å². The number of imide groups is 1. The molecule has 0 radical (unpaired) electrons. The largest absolute Gasteiger partial charge is 0.325 e. The maximum Gasteiger partial charge on any atom is 0.325 e. The lowest BCUT2D eigenvalue weighted by molar-refractivity contribution is -0.130. The Balaban J connectivity index is 1.41. The molecule has 0 saturated carbocycles. The lowest BCUT2D eigenvalue weighted by atomic mass is 9.88. The van der Waals surface area contributed by atoms with Crippen molar-refractivity contribution in [3.63, 3.8) is 0 Å². The fraction of sp³-hybridized carbons (Fsp3) is 0.231. The number of fused-ring (bicyclic) bond motifs is 1. The van der Waals surface area contributed by atoms with Crippen LogP contribution in [0, 0.1) is 0 Å². The van der Waals surface area contributed by atoms with Gasteiger partial charge in [-0.1, -0.05) is 54.6 Å². The third-order valence-electron chi connectivity index (χ3n) is 6.46. The zero-order valence-corrected chi connectivity index (χ0v) is 18.2. The number of carbonyl (C=O) groups excluding carboxylic acids is 4. The highest BCUT2D eigenvalue weighted by Gasteiger charge is 2.50. The standard InChI is InChI=1S/C26H23N3O4/c1-26(21-12-5-8-17-7-2-3-11-20(17)21)24(32)29(25(33)27-26)16-22(30)18-9-4-10-19(15-18)28-14-6-13-23(28)31/h2-5,7-12,15H,6,13-14,16H2,1H3,(H,27,33)/t26-/m1/s1. The first-order valence-electron chi connectivity index (χ1n) is 10.9. The molecule has 2 aliphatic heterocycles. The molecule has 166 valence electrons. The first-order chi connectivity index (χ1) is 15.9. The molecule has 0 unspecified atom stereocenters. The van der Waals surface area contributed by atoms with E-state index < -0.39 is 17.5 Å². The second-order valence-corrected chi connectivity index (χ2v) is 8.60. The minimum atomic E-state index is -1.28. The van der Waals surface area contributed by atoms with Gasteiger partial charge < -0.3 is 10.2 Å². The molecule has 33 heavy (non-hydrogen) atoms. The molecule has 1 N–H and O–H groups in total. The second-order valence-electron chi connectivity index (χ2n) is 8.60. The number of carbonyl (C=O) groups is 4. The van der Waals surface area contributed by atoms with Crippen molar-refractivity contribution >= 4 is 40.1 Å². The molecule has 0 spiro atoms. The van der Waals surface area contributed by atoms with Crippen molar-refractivity contribution in [1.29, 1.82) is 0 Å². The van der Waals surface area contributed by atoms with Crippen molar-refractivity contribution in [2.75, 3.05) is 18.0 Å². The second kappa shape index (κ2) is 7.85. The summed E-state index contributed by atoms with van der Waals surface area (Å²) in [6, 6.07) is 19.4. The molecule has 1 atom stereocenters. The number of hydrogen-bond donors (Lipinski definition) is 1. The molecule has 3 aromatic rings. The molecule has 2 heterocycles. The summed E-state index contributed by atoms with van der Waals surface area (Å²) in [5.74, 6) is -0.809. The van der Waals surface area contributed by atoms with E-state index in [2.05, 4.69) is 5.32 Å². The molecule has 7 nitrogen and oxygen atoms in total. The minimum absolute atomic E-state index is 0.0274. The molecule has 7 heteroatoms.